The molecule has 0 unspecified atom stereocenters. The van der Waals surface area contributed by atoms with Crippen molar-refractivity contribution in [3.8, 4) is 0 Å². The zero-order valence-corrected chi connectivity index (χ0v) is 20.3. The van der Waals surface area contributed by atoms with E-state index in [1.54, 1.807) is 24.3 Å². The number of hydrogen-bond donors (Lipinski definition) is 0. The number of esters is 1. The highest BCUT2D eigenvalue weighted by Crippen LogP contribution is 2.31. The highest BCUT2D eigenvalue weighted by Gasteiger charge is 2.37. The first-order valence-electron chi connectivity index (χ1n) is 10.9. The number of nitrogens with zero attached hydrogens (tertiary/aromatic N) is 1. The molecule has 2 aromatic carbocycles. The van der Waals surface area contributed by atoms with Gasteiger partial charge in [-0.2, -0.15) is 0 Å². The van der Waals surface area contributed by atoms with E-state index in [1.807, 2.05) is 24.6 Å². The normalized spacial score (nSPS) is 19.9. The van der Waals surface area contributed by atoms with E-state index < -0.39 is 17.7 Å². The van der Waals surface area contributed by atoms with Gasteiger partial charge in [-0.25, -0.2) is 8.78 Å². The topological polar surface area (TPSA) is 43.4 Å². The maximum atomic E-state index is 13.9. The lowest BCUT2D eigenvalue weighted by molar-refractivity contribution is -0.906. The van der Waals surface area contributed by atoms with Crippen LogP contribution >= 0.6 is 11.3 Å². The van der Waals surface area contributed by atoms with Gasteiger partial charge in [0, 0.05) is 12.8 Å². The van der Waals surface area contributed by atoms with Crippen LogP contribution in [0.25, 0.3) is 0 Å². The monoisotopic (exact) mass is 505 g/mol. The summed E-state index contributed by atoms with van der Waals surface area (Å²) in [5, 5.41) is 1.89. The van der Waals surface area contributed by atoms with Gasteiger partial charge in [0.15, 0.2) is 6.10 Å². The van der Waals surface area contributed by atoms with Crippen LogP contribution in [0.2, 0.25) is 0 Å². The SMILES string of the molecule is C[N+]1(CC(=O)c2cccs2)CCC(C(=O)OC(c2cccc(F)c2)c2cccc(F)c2)CC1.[Cl-]. The van der Waals surface area contributed by atoms with E-state index in [1.165, 1.54) is 35.6 Å². The molecule has 1 aromatic heterocycles. The Kier molecular flexibility index (Phi) is 8.57. The number of thiophene rings is 1. The third-order valence-electron chi connectivity index (χ3n) is 6.23. The van der Waals surface area contributed by atoms with E-state index in [0.29, 0.717) is 48.1 Å². The molecule has 8 heteroatoms. The number of quaternary nitrogens is 1. The minimum atomic E-state index is -0.896. The van der Waals surface area contributed by atoms with Gasteiger partial charge in [0.1, 0.15) is 18.2 Å². The number of hydrogen-bond acceptors (Lipinski definition) is 4. The molecule has 0 amide bonds. The Balaban J connectivity index is 0.00000324. The van der Waals surface area contributed by atoms with Crippen molar-refractivity contribution in [1.29, 1.82) is 0 Å². The molecule has 0 saturated carbocycles. The first-order chi connectivity index (χ1) is 15.8. The second-order valence-corrected chi connectivity index (χ2v) is 9.77. The van der Waals surface area contributed by atoms with Crippen molar-refractivity contribution in [2.45, 2.75) is 18.9 Å². The summed E-state index contributed by atoms with van der Waals surface area (Å²) in [6.07, 6.45) is 0.283. The second kappa shape index (κ2) is 11.2. The standard InChI is InChI=1S/C26H26F2NO3S.ClH/c1-29(17-23(30)24-9-4-14-33-24)12-10-18(11-13-29)26(31)32-25(19-5-2-7-21(27)15-19)20-6-3-8-22(28)16-20;/h2-9,14-16,18,25H,10-13,17H2,1H3;1H/q+1;/p-1. The quantitative estimate of drug-likeness (QED) is 0.281. The molecule has 180 valence electrons. The summed E-state index contributed by atoms with van der Waals surface area (Å²) in [4.78, 5) is 26.4. The number of ketones is 1. The van der Waals surface area contributed by atoms with Gasteiger partial charge >= 0.3 is 5.97 Å². The Morgan fingerprint density at radius 2 is 1.59 bits per heavy atom. The molecule has 0 spiro atoms. The minimum absolute atomic E-state index is 0. The fraction of sp³-hybridized carbons (Fsp3) is 0.308. The van der Waals surface area contributed by atoms with Crippen molar-refractivity contribution in [1.82, 2.24) is 0 Å². The number of piperidine rings is 1. The number of ether oxygens (including phenoxy) is 1. The molecule has 0 atom stereocenters. The lowest BCUT2D eigenvalue weighted by atomic mass is 9.94. The lowest BCUT2D eigenvalue weighted by Crippen LogP contribution is -3.00. The van der Waals surface area contributed by atoms with Crippen LogP contribution in [0.1, 0.15) is 39.7 Å². The van der Waals surface area contributed by atoms with Gasteiger partial charge in [-0.05, 0) is 46.8 Å². The number of likely N-dealkylation sites (tertiary alicyclic amines) is 1. The molecule has 0 aliphatic carbocycles. The number of carbonyl (C=O) groups excluding carboxylic acids is 2. The van der Waals surface area contributed by atoms with Gasteiger partial charge in [0.2, 0.25) is 5.78 Å². The van der Waals surface area contributed by atoms with E-state index in [9.17, 15) is 18.4 Å². The fourth-order valence-electron chi connectivity index (χ4n) is 4.33. The van der Waals surface area contributed by atoms with Gasteiger partial charge in [-0.3, -0.25) is 9.59 Å². The lowest BCUT2D eigenvalue weighted by Gasteiger charge is -2.39. The number of benzene rings is 2. The molecule has 2 heterocycles. The Hall–Kier alpha value is -2.61. The van der Waals surface area contributed by atoms with Crippen molar-refractivity contribution < 1.29 is 40.0 Å². The highest BCUT2D eigenvalue weighted by atomic mass is 35.5. The molecule has 4 rings (SSSR count). The summed E-state index contributed by atoms with van der Waals surface area (Å²) < 4.78 is 34.1. The Morgan fingerprint density at radius 1 is 1.00 bits per heavy atom. The zero-order chi connectivity index (χ0) is 23.4. The predicted molar refractivity (Wildman–Crippen MR) is 123 cm³/mol. The molecular formula is C26H26ClF2NO3S. The van der Waals surface area contributed by atoms with E-state index in [4.69, 9.17) is 4.74 Å². The van der Waals surface area contributed by atoms with E-state index >= 15 is 0 Å². The van der Waals surface area contributed by atoms with Gasteiger partial charge in [0.25, 0.3) is 0 Å². The molecule has 0 bridgehead atoms. The second-order valence-electron chi connectivity index (χ2n) is 8.83. The van der Waals surface area contributed by atoms with Crippen LogP contribution in [-0.4, -0.2) is 42.9 Å². The summed E-state index contributed by atoms with van der Waals surface area (Å²) in [7, 11) is 2.04. The molecule has 1 saturated heterocycles. The third-order valence-corrected chi connectivity index (χ3v) is 7.14. The molecule has 0 radical (unpaired) electrons. The molecule has 1 aliphatic rings. The average Bonchev–Trinajstić information content (AvgIpc) is 3.33. The smallest absolute Gasteiger partial charge is 0.310 e. The molecule has 34 heavy (non-hydrogen) atoms. The highest BCUT2D eigenvalue weighted by molar-refractivity contribution is 7.12. The number of likely N-dealkylation sites (N-methyl/N-ethyl adjacent to an activating group) is 1. The Labute approximate surface area is 208 Å². The van der Waals surface area contributed by atoms with Gasteiger partial charge in [-0.15, -0.1) is 11.3 Å². The van der Waals surface area contributed by atoms with Crippen LogP contribution in [0, 0.1) is 17.6 Å². The molecule has 1 fully saturated rings. The van der Waals surface area contributed by atoms with Gasteiger partial charge in [0.05, 0.1) is 30.9 Å². The third kappa shape index (κ3) is 6.29. The van der Waals surface area contributed by atoms with Crippen molar-refractivity contribution in [2.24, 2.45) is 5.92 Å². The van der Waals surface area contributed by atoms with Crippen molar-refractivity contribution >= 4 is 23.1 Å². The Morgan fingerprint density at radius 3 is 2.09 bits per heavy atom. The van der Waals surface area contributed by atoms with Crippen LogP contribution in [0.4, 0.5) is 8.78 Å². The van der Waals surface area contributed by atoms with Gasteiger partial charge < -0.3 is 21.6 Å². The fourth-order valence-corrected chi connectivity index (χ4v) is 4.98. The molecule has 3 aromatic rings. The van der Waals surface area contributed by atoms with Crippen LogP contribution in [-0.2, 0) is 9.53 Å². The van der Waals surface area contributed by atoms with Crippen LogP contribution < -0.4 is 12.4 Å². The first-order valence-corrected chi connectivity index (χ1v) is 11.8. The largest absolute Gasteiger partial charge is 1.00 e. The minimum Gasteiger partial charge on any atom is -1.00 e. The molecular weight excluding hydrogens is 480 g/mol. The summed E-state index contributed by atoms with van der Waals surface area (Å²) >= 11 is 1.44. The number of Topliss-reactive ketones (excluding diaryl/α,β-unsaturated/α-hetero) is 1. The number of rotatable bonds is 7. The van der Waals surface area contributed by atoms with Crippen molar-refractivity contribution in [3.05, 3.63) is 93.7 Å². The zero-order valence-electron chi connectivity index (χ0n) is 18.8. The van der Waals surface area contributed by atoms with E-state index in [0.717, 1.165) is 4.88 Å². The van der Waals surface area contributed by atoms with Gasteiger partial charge in [-0.1, -0.05) is 30.3 Å². The van der Waals surface area contributed by atoms with Crippen LogP contribution in [0.15, 0.2) is 66.0 Å². The Bertz CT molecular complexity index is 1090. The van der Waals surface area contributed by atoms with E-state index in [2.05, 4.69) is 0 Å². The molecule has 0 N–H and O–H groups in total. The first kappa shape index (κ1) is 26.0. The van der Waals surface area contributed by atoms with Crippen LogP contribution in [0.5, 0.6) is 0 Å². The van der Waals surface area contributed by atoms with Crippen LogP contribution in [0.3, 0.4) is 0 Å². The summed E-state index contributed by atoms with van der Waals surface area (Å²) in [6.45, 7) is 1.76. The average molecular weight is 506 g/mol. The predicted octanol–water partition coefficient (Wildman–Crippen LogP) is 2.40. The summed E-state index contributed by atoms with van der Waals surface area (Å²) in [6, 6.07) is 15.3. The molecule has 4 nitrogen and oxygen atoms in total. The maximum Gasteiger partial charge on any atom is 0.310 e. The van der Waals surface area contributed by atoms with Crippen molar-refractivity contribution in [2.75, 3.05) is 26.7 Å². The van der Waals surface area contributed by atoms with E-state index in [-0.39, 0.29) is 30.1 Å². The molecule has 1 aliphatic heterocycles. The summed E-state index contributed by atoms with van der Waals surface area (Å²) in [5.41, 5.74) is 0.902. The number of halogens is 3. The maximum absolute atomic E-state index is 13.9. The number of carbonyl (C=O) groups is 2. The van der Waals surface area contributed by atoms with Crippen molar-refractivity contribution in [3.63, 3.8) is 0 Å². The summed E-state index contributed by atoms with van der Waals surface area (Å²) in [5.74, 6) is -1.50.